The van der Waals surface area contributed by atoms with Gasteiger partial charge in [0, 0.05) is 25.2 Å². The quantitative estimate of drug-likeness (QED) is 0.821. The molecule has 2 aliphatic rings. The van der Waals surface area contributed by atoms with Crippen LogP contribution < -0.4 is 11.1 Å². The van der Waals surface area contributed by atoms with E-state index in [0.29, 0.717) is 18.4 Å². The van der Waals surface area contributed by atoms with Crippen LogP contribution in [0.4, 0.5) is 5.69 Å². The first-order valence-electron chi connectivity index (χ1n) is 9.91. The number of hydrogen-bond donors (Lipinski definition) is 2. The molecule has 0 saturated heterocycles. The average Bonchev–Trinajstić information content (AvgIpc) is 2.60. The van der Waals surface area contributed by atoms with Crippen LogP contribution in [0.5, 0.6) is 0 Å². The van der Waals surface area contributed by atoms with Gasteiger partial charge in [0.05, 0.1) is 6.04 Å². The maximum absolute atomic E-state index is 12.6. The molecule has 0 aromatic heterocycles. The van der Waals surface area contributed by atoms with Gasteiger partial charge in [0.1, 0.15) is 0 Å². The fourth-order valence-corrected chi connectivity index (χ4v) is 4.14. The molecule has 3 N–H and O–H groups in total. The number of likely N-dealkylation sites (N-methyl/N-ethyl adjacent to an activating group) is 1. The Kier molecular flexibility index (Phi) is 6.30. The van der Waals surface area contributed by atoms with E-state index in [9.17, 15) is 9.59 Å². The van der Waals surface area contributed by atoms with Gasteiger partial charge in [-0.25, -0.2) is 0 Å². The van der Waals surface area contributed by atoms with Crippen LogP contribution >= 0.6 is 0 Å². The molecule has 1 aromatic rings. The molecular formula is C21H31N3O2. The summed E-state index contributed by atoms with van der Waals surface area (Å²) in [6.45, 7) is 0. The summed E-state index contributed by atoms with van der Waals surface area (Å²) in [5.74, 6) is 0.810. The molecule has 3 rings (SSSR count). The third kappa shape index (κ3) is 4.64. The van der Waals surface area contributed by atoms with Gasteiger partial charge in [0.15, 0.2) is 0 Å². The molecule has 26 heavy (non-hydrogen) atoms. The highest BCUT2D eigenvalue weighted by molar-refractivity contribution is 5.90. The van der Waals surface area contributed by atoms with Crippen molar-refractivity contribution in [3.05, 3.63) is 30.3 Å². The Morgan fingerprint density at radius 3 is 2.35 bits per heavy atom. The lowest BCUT2D eigenvalue weighted by molar-refractivity contribution is -0.136. The highest BCUT2D eigenvalue weighted by atomic mass is 16.2. The maximum Gasteiger partial charge on any atom is 0.239 e. The lowest BCUT2D eigenvalue weighted by Gasteiger charge is -2.38. The van der Waals surface area contributed by atoms with Crippen molar-refractivity contribution in [1.29, 1.82) is 0 Å². The van der Waals surface area contributed by atoms with Crippen molar-refractivity contribution in [2.45, 2.75) is 63.5 Å². The van der Waals surface area contributed by atoms with E-state index in [1.165, 1.54) is 6.42 Å². The number of rotatable bonds is 6. The summed E-state index contributed by atoms with van der Waals surface area (Å²) in [5.41, 5.74) is 7.13. The van der Waals surface area contributed by atoms with Crippen molar-refractivity contribution in [3.63, 3.8) is 0 Å². The lowest BCUT2D eigenvalue weighted by atomic mass is 9.77. The van der Waals surface area contributed by atoms with Crippen molar-refractivity contribution in [2.24, 2.45) is 17.6 Å². The molecule has 1 atom stereocenters. The Labute approximate surface area is 156 Å². The number of carbonyl (C=O) groups is 2. The highest BCUT2D eigenvalue weighted by Gasteiger charge is 2.34. The minimum absolute atomic E-state index is 0.0738. The van der Waals surface area contributed by atoms with Gasteiger partial charge in [-0.1, -0.05) is 18.2 Å². The molecule has 2 aliphatic carbocycles. The number of nitrogens with zero attached hydrogens (tertiary/aromatic N) is 1. The van der Waals surface area contributed by atoms with Gasteiger partial charge in [-0.05, 0) is 68.9 Å². The predicted octanol–water partition coefficient (Wildman–Crippen LogP) is 3.16. The zero-order valence-corrected chi connectivity index (χ0v) is 15.7. The van der Waals surface area contributed by atoms with Crippen molar-refractivity contribution in [1.82, 2.24) is 4.90 Å². The molecule has 5 heteroatoms. The topological polar surface area (TPSA) is 75.4 Å². The standard InChI is InChI=1S/C21H31N3O2/c1-24(18-8-5-9-18)21(26)20(22)16-12-10-15(11-13-16)14-19(25)23-17-6-3-2-4-7-17/h2-4,6-7,15-16,18,20H,5,8-14,22H2,1H3,(H,23,25)/t15?,16?,20-/m0/s1. The molecule has 5 nitrogen and oxygen atoms in total. The number of nitrogens with two attached hydrogens (primary N) is 1. The van der Waals surface area contributed by atoms with Gasteiger partial charge >= 0.3 is 0 Å². The van der Waals surface area contributed by atoms with E-state index < -0.39 is 0 Å². The first-order valence-corrected chi connectivity index (χ1v) is 9.91. The van der Waals surface area contributed by atoms with Crippen LogP contribution in [0.2, 0.25) is 0 Å². The second-order valence-electron chi connectivity index (χ2n) is 7.96. The molecular weight excluding hydrogens is 326 g/mol. The first kappa shape index (κ1) is 18.9. The lowest BCUT2D eigenvalue weighted by Crippen LogP contribution is -2.52. The molecule has 0 spiro atoms. The fourth-order valence-electron chi connectivity index (χ4n) is 4.14. The molecule has 0 aliphatic heterocycles. The average molecular weight is 357 g/mol. The van der Waals surface area contributed by atoms with Gasteiger partial charge < -0.3 is 16.0 Å². The van der Waals surface area contributed by atoms with E-state index in [2.05, 4.69) is 5.32 Å². The van der Waals surface area contributed by atoms with Crippen LogP contribution in [0.1, 0.15) is 51.4 Å². The van der Waals surface area contributed by atoms with Crippen LogP contribution in [0, 0.1) is 11.8 Å². The zero-order chi connectivity index (χ0) is 18.5. The number of para-hydroxylation sites is 1. The summed E-state index contributed by atoms with van der Waals surface area (Å²) < 4.78 is 0. The van der Waals surface area contributed by atoms with E-state index in [-0.39, 0.29) is 23.8 Å². The Bertz CT molecular complexity index is 607. The molecule has 0 radical (unpaired) electrons. The number of carbonyl (C=O) groups excluding carboxylic acids is 2. The molecule has 2 saturated carbocycles. The summed E-state index contributed by atoms with van der Waals surface area (Å²) in [6.07, 6.45) is 7.81. The molecule has 2 amide bonds. The first-order chi connectivity index (χ1) is 12.5. The molecule has 0 unspecified atom stereocenters. The molecule has 2 fully saturated rings. The molecule has 1 aromatic carbocycles. The van der Waals surface area contributed by atoms with Crippen molar-refractivity contribution in [2.75, 3.05) is 12.4 Å². The summed E-state index contributed by atoms with van der Waals surface area (Å²) in [4.78, 5) is 26.7. The number of anilines is 1. The maximum atomic E-state index is 12.6. The van der Waals surface area contributed by atoms with Crippen molar-refractivity contribution < 1.29 is 9.59 Å². The van der Waals surface area contributed by atoms with Crippen LogP contribution in [0.3, 0.4) is 0 Å². The smallest absolute Gasteiger partial charge is 0.239 e. The van der Waals surface area contributed by atoms with Gasteiger partial charge in [0.25, 0.3) is 0 Å². The summed E-state index contributed by atoms with van der Waals surface area (Å²) in [6, 6.07) is 9.57. The number of benzene rings is 1. The van der Waals surface area contributed by atoms with Gasteiger partial charge in [0.2, 0.25) is 11.8 Å². The highest BCUT2D eigenvalue weighted by Crippen LogP contribution is 2.33. The monoisotopic (exact) mass is 357 g/mol. The van der Waals surface area contributed by atoms with Gasteiger partial charge in [-0.3, -0.25) is 9.59 Å². The SMILES string of the molecule is CN(C(=O)[C@@H](N)C1CCC(CC(=O)Nc2ccccc2)CC1)C1CCC1. The van der Waals surface area contributed by atoms with Crippen molar-refractivity contribution >= 4 is 17.5 Å². The number of amides is 2. The van der Waals surface area contributed by atoms with E-state index in [1.807, 2.05) is 42.3 Å². The Morgan fingerprint density at radius 2 is 1.77 bits per heavy atom. The zero-order valence-electron chi connectivity index (χ0n) is 15.7. The van der Waals surface area contributed by atoms with Gasteiger partial charge in [-0.2, -0.15) is 0 Å². The second kappa shape index (κ2) is 8.67. The van der Waals surface area contributed by atoms with E-state index in [4.69, 9.17) is 5.73 Å². The van der Waals surface area contributed by atoms with Crippen LogP contribution in [0.15, 0.2) is 30.3 Å². The minimum atomic E-state index is -0.389. The molecule has 0 bridgehead atoms. The summed E-state index contributed by atoms with van der Waals surface area (Å²) in [5, 5.41) is 2.96. The Balaban J connectivity index is 1.42. The summed E-state index contributed by atoms with van der Waals surface area (Å²) >= 11 is 0. The Morgan fingerprint density at radius 1 is 1.12 bits per heavy atom. The molecule has 142 valence electrons. The Hall–Kier alpha value is -1.88. The van der Waals surface area contributed by atoms with Crippen LogP contribution in [0.25, 0.3) is 0 Å². The summed E-state index contributed by atoms with van der Waals surface area (Å²) in [7, 11) is 1.89. The van der Waals surface area contributed by atoms with Crippen LogP contribution in [-0.2, 0) is 9.59 Å². The fraction of sp³-hybridized carbons (Fsp3) is 0.619. The van der Waals surface area contributed by atoms with E-state index in [1.54, 1.807) is 0 Å². The number of hydrogen-bond acceptors (Lipinski definition) is 3. The third-order valence-corrected chi connectivity index (χ3v) is 6.19. The third-order valence-electron chi connectivity index (χ3n) is 6.19. The van der Waals surface area contributed by atoms with E-state index in [0.717, 1.165) is 44.2 Å². The normalized spacial score (nSPS) is 24.4. The second-order valence-corrected chi connectivity index (χ2v) is 7.96. The van der Waals surface area contributed by atoms with Crippen molar-refractivity contribution in [3.8, 4) is 0 Å². The molecule has 0 heterocycles. The predicted molar refractivity (Wildman–Crippen MR) is 104 cm³/mol. The van der Waals surface area contributed by atoms with Crippen LogP contribution in [-0.4, -0.2) is 35.8 Å². The van der Waals surface area contributed by atoms with Gasteiger partial charge in [-0.15, -0.1) is 0 Å². The number of nitrogens with one attached hydrogen (secondary N) is 1. The largest absolute Gasteiger partial charge is 0.341 e. The minimum Gasteiger partial charge on any atom is -0.341 e. The van der Waals surface area contributed by atoms with E-state index >= 15 is 0 Å².